The zero-order chi connectivity index (χ0) is 18.5. The van der Waals surface area contributed by atoms with Crippen molar-refractivity contribution in [1.29, 1.82) is 0 Å². The van der Waals surface area contributed by atoms with Crippen molar-refractivity contribution in [3.63, 3.8) is 0 Å². The number of anilines is 1. The van der Waals surface area contributed by atoms with Crippen LogP contribution < -0.4 is 9.64 Å². The number of ether oxygens (including phenoxy) is 2. The molecular weight excluding hydrogens is 337 g/mol. The minimum Gasteiger partial charge on any atom is -0.466 e. The number of piperidine rings is 1. The van der Waals surface area contributed by atoms with Gasteiger partial charge in [-0.1, -0.05) is 0 Å². The standard InChI is InChI=1S/C19H22FN3O3/c1-3-25-19(24)14-5-4-8-23(11-14)17-10-18(22-12-21-17)26-16-7-6-15(20)9-13(16)2/h6-7,9-10,12,14H,3-5,8,11H2,1-2H3. The maximum Gasteiger partial charge on any atom is 0.310 e. The molecule has 1 atom stereocenters. The topological polar surface area (TPSA) is 64.5 Å². The summed E-state index contributed by atoms with van der Waals surface area (Å²) in [6.45, 7) is 5.34. The molecule has 1 fully saturated rings. The summed E-state index contributed by atoms with van der Waals surface area (Å²) >= 11 is 0. The first kappa shape index (κ1) is 18.1. The second-order valence-electron chi connectivity index (χ2n) is 6.26. The van der Waals surface area contributed by atoms with Crippen molar-refractivity contribution in [2.24, 2.45) is 5.92 Å². The van der Waals surface area contributed by atoms with Crippen molar-refractivity contribution < 1.29 is 18.7 Å². The molecule has 2 heterocycles. The van der Waals surface area contributed by atoms with Crippen LogP contribution in [0.2, 0.25) is 0 Å². The normalized spacial score (nSPS) is 17.0. The van der Waals surface area contributed by atoms with Gasteiger partial charge < -0.3 is 14.4 Å². The van der Waals surface area contributed by atoms with Crippen LogP contribution in [-0.2, 0) is 9.53 Å². The van der Waals surface area contributed by atoms with E-state index in [0.717, 1.165) is 19.4 Å². The van der Waals surface area contributed by atoms with Crippen molar-refractivity contribution in [3.05, 3.63) is 42.0 Å². The quantitative estimate of drug-likeness (QED) is 0.762. The van der Waals surface area contributed by atoms with Crippen LogP contribution >= 0.6 is 0 Å². The Morgan fingerprint density at radius 1 is 1.35 bits per heavy atom. The van der Waals surface area contributed by atoms with E-state index in [1.54, 1.807) is 19.1 Å². The van der Waals surface area contributed by atoms with Crippen LogP contribution in [0.5, 0.6) is 11.6 Å². The second kappa shape index (κ2) is 8.12. The molecule has 1 saturated heterocycles. The molecule has 1 aromatic heterocycles. The van der Waals surface area contributed by atoms with Gasteiger partial charge >= 0.3 is 5.97 Å². The predicted molar refractivity (Wildman–Crippen MR) is 94.8 cm³/mol. The number of carbonyl (C=O) groups excluding carboxylic acids is 1. The number of esters is 1. The van der Waals surface area contributed by atoms with Gasteiger partial charge in [-0.3, -0.25) is 4.79 Å². The Labute approximate surface area is 152 Å². The van der Waals surface area contributed by atoms with Crippen molar-refractivity contribution >= 4 is 11.8 Å². The fourth-order valence-corrected chi connectivity index (χ4v) is 3.04. The van der Waals surface area contributed by atoms with Crippen LogP contribution in [0, 0.1) is 18.7 Å². The molecule has 26 heavy (non-hydrogen) atoms. The molecule has 0 bridgehead atoms. The van der Waals surface area contributed by atoms with Crippen LogP contribution in [0.4, 0.5) is 10.2 Å². The number of benzene rings is 1. The first-order valence-corrected chi connectivity index (χ1v) is 8.74. The fourth-order valence-electron chi connectivity index (χ4n) is 3.04. The Hall–Kier alpha value is -2.70. The lowest BCUT2D eigenvalue weighted by atomic mass is 9.98. The van der Waals surface area contributed by atoms with Gasteiger partial charge in [0.25, 0.3) is 0 Å². The van der Waals surface area contributed by atoms with Crippen LogP contribution in [0.15, 0.2) is 30.6 Å². The van der Waals surface area contributed by atoms with E-state index in [1.807, 2.05) is 11.8 Å². The van der Waals surface area contributed by atoms with Gasteiger partial charge in [0.1, 0.15) is 23.7 Å². The van der Waals surface area contributed by atoms with Gasteiger partial charge in [-0.2, -0.15) is 0 Å². The highest BCUT2D eigenvalue weighted by molar-refractivity contribution is 5.73. The third kappa shape index (κ3) is 4.28. The first-order valence-electron chi connectivity index (χ1n) is 8.74. The zero-order valence-electron chi connectivity index (χ0n) is 14.9. The summed E-state index contributed by atoms with van der Waals surface area (Å²) in [6.07, 6.45) is 3.14. The average Bonchev–Trinajstić information content (AvgIpc) is 2.65. The molecule has 1 aliphatic rings. The number of nitrogens with zero attached hydrogens (tertiary/aromatic N) is 3. The van der Waals surface area contributed by atoms with Gasteiger partial charge in [-0.05, 0) is 50.5 Å². The molecule has 0 aliphatic carbocycles. The van der Waals surface area contributed by atoms with Gasteiger partial charge in [-0.15, -0.1) is 0 Å². The van der Waals surface area contributed by atoms with Crippen molar-refractivity contribution in [3.8, 4) is 11.6 Å². The number of carbonyl (C=O) groups is 1. The average molecular weight is 359 g/mol. The number of hydrogen-bond donors (Lipinski definition) is 0. The van der Waals surface area contributed by atoms with Crippen molar-refractivity contribution in [2.45, 2.75) is 26.7 Å². The third-order valence-corrected chi connectivity index (χ3v) is 4.34. The number of hydrogen-bond acceptors (Lipinski definition) is 6. The molecule has 0 N–H and O–H groups in total. The maximum atomic E-state index is 13.2. The smallest absolute Gasteiger partial charge is 0.310 e. The third-order valence-electron chi connectivity index (χ3n) is 4.34. The van der Waals surface area contributed by atoms with Crippen LogP contribution in [0.1, 0.15) is 25.3 Å². The highest BCUT2D eigenvalue weighted by Crippen LogP contribution is 2.28. The summed E-state index contributed by atoms with van der Waals surface area (Å²) in [5.41, 5.74) is 0.686. The van der Waals surface area contributed by atoms with Gasteiger partial charge in [0.05, 0.1) is 12.5 Å². The summed E-state index contributed by atoms with van der Waals surface area (Å²) in [7, 11) is 0. The fraction of sp³-hybridized carbons (Fsp3) is 0.421. The van der Waals surface area contributed by atoms with E-state index in [2.05, 4.69) is 9.97 Å². The molecule has 0 amide bonds. The summed E-state index contributed by atoms with van der Waals surface area (Å²) in [5.74, 6) is 0.995. The lowest BCUT2D eigenvalue weighted by molar-refractivity contribution is -0.148. The highest BCUT2D eigenvalue weighted by atomic mass is 19.1. The lowest BCUT2D eigenvalue weighted by Crippen LogP contribution is -2.39. The first-order chi connectivity index (χ1) is 12.6. The Kier molecular flexibility index (Phi) is 5.65. The number of aryl methyl sites for hydroxylation is 1. The molecular formula is C19H22FN3O3. The molecule has 0 spiro atoms. The van der Waals surface area contributed by atoms with Crippen molar-refractivity contribution in [2.75, 3.05) is 24.6 Å². The van der Waals surface area contributed by atoms with Crippen molar-refractivity contribution in [1.82, 2.24) is 9.97 Å². The monoisotopic (exact) mass is 359 g/mol. The van der Waals surface area contributed by atoms with Gasteiger partial charge in [0, 0.05) is 19.2 Å². The van der Waals surface area contributed by atoms with Crippen LogP contribution in [0.25, 0.3) is 0 Å². The van der Waals surface area contributed by atoms with Gasteiger partial charge in [-0.25, -0.2) is 14.4 Å². The molecule has 7 heteroatoms. The van der Waals surface area contributed by atoms with Gasteiger partial charge in [0.15, 0.2) is 0 Å². The largest absolute Gasteiger partial charge is 0.466 e. The summed E-state index contributed by atoms with van der Waals surface area (Å²) in [5, 5.41) is 0. The van der Waals surface area contributed by atoms with Crippen LogP contribution in [-0.4, -0.2) is 35.6 Å². The Bertz CT molecular complexity index is 784. The number of halogens is 1. The minimum atomic E-state index is -0.309. The molecule has 2 aromatic rings. The molecule has 3 rings (SSSR count). The van der Waals surface area contributed by atoms with E-state index in [9.17, 15) is 9.18 Å². The van der Waals surface area contributed by atoms with E-state index < -0.39 is 0 Å². The molecule has 1 aromatic carbocycles. The Morgan fingerprint density at radius 3 is 2.96 bits per heavy atom. The van der Waals surface area contributed by atoms with E-state index in [4.69, 9.17) is 9.47 Å². The van der Waals surface area contributed by atoms with Gasteiger partial charge in [0.2, 0.25) is 5.88 Å². The summed E-state index contributed by atoms with van der Waals surface area (Å²) < 4.78 is 24.1. The highest BCUT2D eigenvalue weighted by Gasteiger charge is 2.27. The predicted octanol–water partition coefficient (Wildman–Crippen LogP) is 3.50. The molecule has 1 unspecified atom stereocenters. The minimum absolute atomic E-state index is 0.151. The second-order valence-corrected chi connectivity index (χ2v) is 6.26. The van der Waals surface area contributed by atoms with E-state index >= 15 is 0 Å². The summed E-state index contributed by atoms with van der Waals surface area (Å²) in [6, 6.07) is 6.06. The van der Waals surface area contributed by atoms with E-state index in [0.29, 0.717) is 36.2 Å². The number of aromatic nitrogens is 2. The number of rotatable bonds is 5. The zero-order valence-corrected chi connectivity index (χ0v) is 14.9. The Morgan fingerprint density at radius 2 is 2.19 bits per heavy atom. The molecule has 1 aliphatic heterocycles. The Balaban J connectivity index is 1.73. The maximum absolute atomic E-state index is 13.2. The SMILES string of the molecule is CCOC(=O)C1CCCN(c2cc(Oc3ccc(F)cc3C)ncn2)C1. The molecule has 0 saturated carbocycles. The molecule has 0 radical (unpaired) electrons. The lowest BCUT2D eigenvalue weighted by Gasteiger charge is -2.32. The summed E-state index contributed by atoms with van der Waals surface area (Å²) in [4.78, 5) is 22.5. The molecule has 6 nitrogen and oxygen atoms in total. The van der Waals surface area contributed by atoms with E-state index in [-0.39, 0.29) is 17.7 Å². The molecule has 138 valence electrons. The van der Waals surface area contributed by atoms with E-state index in [1.165, 1.54) is 18.5 Å². The van der Waals surface area contributed by atoms with Crippen LogP contribution in [0.3, 0.4) is 0 Å².